The average molecular weight is 245 g/mol. The maximum Gasteiger partial charge on any atom is 0.123 e. The van der Waals surface area contributed by atoms with Gasteiger partial charge in [-0.2, -0.15) is 0 Å². The van der Waals surface area contributed by atoms with Crippen LogP contribution in [-0.2, 0) is 0 Å². The summed E-state index contributed by atoms with van der Waals surface area (Å²) >= 11 is 5.93. The predicted octanol–water partition coefficient (Wildman–Crippen LogP) is 4.06. The minimum atomic E-state index is 0.152. The summed E-state index contributed by atoms with van der Waals surface area (Å²) < 4.78 is 0. The number of hydrogen-bond acceptors (Lipinski definition) is 2. The molecular weight excluding hydrogens is 236 g/mol. The van der Waals surface area contributed by atoms with E-state index in [0.29, 0.717) is 15.8 Å². The van der Waals surface area contributed by atoms with Crippen LogP contribution in [0.15, 0.2) is 42.5 Å². The molecule has 0 amide bonds. The van der Waals surface area contributed by atoms with E-state index in [-0.39, 0.29) is 11.5 Å². The van der Waals surface area contributed by atoms with Gasteiger partial charge in [-0.25, -0.2) is 0 Å². The van der Waals surface area contributed by atoms with Gasteiger partial charge >= 0.3 is 0 Å². The minimum absolute atomic E-state index is 0.152. The Balaban J connectivity index is 2.52. The van der Waals surface area contributed by atoms with Crippen LogP contribution in [0.1, 0.15) is 0 Å². The Labute approximate surface area is 103 Å². The molecule has 0 aliphatic carbocycles. The first kappa shape index (κ1) is 10.2. The van der Waals surface area contributed by atoms with Crippen molar-refractivity contribution in [2.24, 2.45) is 0 Å². The van der Waals surface area contributed by atoms with Crippen molar-refractivity contribution >= 4 is 33.1 Å². The zero-order valence-electron chi connectivity index (χ0n) is 8.81. The van der Waals surface area contributed by atoms with Gasteiger partial charge in [-0.1, -0.05) is 17.7 Å². The van der Waals surface area contributed by atoms with E-state index in [1.54, 1.807) is 6.07 Å². The normalized spacial score (nSPS) is 11.1. The molecule has 0 bridgehead atoms. The summed E-state index contributed by atoms with van der Waals surface area (Å²) in [6.07, 6.45) is 0. The van der Waals surface area contributed by atoms with Gasteiger partial charge in [0.15, 0.2) is 0 Å². The van der Waals surface area contributed by atoms with Crippen molar-refractivity contribution < 1.29 is 10.2 Å². The van der Waals surface area contributed by atoms with Crippen molar-refractivity contribution in [3.8, 4) is 11.5 Å². The van der Waals surface area contributed by atoms with E-state index in [9.17, 15) is 10.2 Å². The van der Waals surface area contributed by atoms with Crippen LogP contribution in [0.3, 0.4) is 0 Å². The topological polar surface area (TPSA) is 40.5 Å². The fraction of sp³-hybridized carbons (Fsp3) is 0. The van der Waals surface area contributed by atoms with Crippen LogP contribution < -0.4 is 0 Å². The van der Waals surface area contributed by atoms with Crippen LogP contribution in [0.4, 0.5) is 0 Å². The standard InChI is InChI=1S/C14H9ClO2/c15-10-2-1-8-6-11-12(7-9(8)5-10)14(17)4-3-13(11)16/h1-7,16-17H. The van der Waals surface area contributed by atoms with Gasteiger partial charge in [0.25, 0.3) is 0 Å². The molecule has 0 unspecified atom stereocenters. The number of aromatic hydroxyl groups is 2. The Morgan fingerprint density at radius 1 is 0.706 bits per heavy atom. The van der Waals surface area contributed by atoms with E-state index in [1.165, 1.54) is 12.1 Å². The second-order valence-corrected chi connectivity index (χ2v) is 4.43. The molecule has 3 aromatic carbocycles. The number of halogens is 1. The lowest BCUT2D eigenvalue weighted by Crippen LogP contribution is -1.79. The second kappa shape index (κ2) is 3.54. The zero-order chi connectivity index (χ0) is 12.0. The molecule has 0 atom stereocenters. The summed E-state index contributed by atoms with van der Waals surface area (Å²) in [6.45, 7) is 0. The van der Waals surface area contributed by atoms with Crippen LogP contribution in [0.2, 0.25) is 5.02 Å². The van der Waals surface area contributed by atoms with Crippen molar-refractivity contribution in [1.29, 1.82) is 0 Å². The Kier molecular flexibility index (Phi) is 2.13. The molecule has 0 saturated carbocycles. The molecule has 0 radical (unpaired) electrons. The maximum absolute atomic E-state index is 9.78. The largest absolute Gasteiger partial charge is 0.507 e. The number of fused-ring (bicyclic) bond motifs is 2. The van der Waals surface area contributed by atoms with Gasteiger partial charge in [-0.05, 0) is 47.2 Å². The summed E-state index contributed by atoms with van der Waals surface area (Å²) in [6, 6.07) is 12.2. The monoisotopic (exact) mass is 244 g/mol. The van der Waals surface area contributed by atoms with Crippen molar-refractivity contribution in [2.45, 2.75) is 0 Å². The minimum Gasteiger partial charge on any atom is -0.507 e. The summed E-state index contributed by atoms with van der Waals surface area (Å²) in [4.78, 5) is 0. The third-order valence-electron chi connectivity index (χ3n) is 2.89. The molecule has 2 N–H and O–H groups in total. The highest BCUT2D eigenvalue weighted by molar-refractivity contribution is 6.31. The van der Waals surface area contributed by atoms with Crippen molar-refractivity contribution in [2.75, 3.05) is 0 Å². The van der Waals surface area contributed by atoms with Gasteiger partial charge in [-0.3, -0.25) is 0 Å². The van der Waals surface area contributed by atoms with E-state index in [4.69, 9.17) is 11.6 Å². The van der Waals surface area contributed by atoms with Crippen LogP contribution in [0, 0.1) is 0 Å². The van der Waals surface area contributed by atoms with E-state index >= 15 is 0 Å². The fourth-order valence-electron chi connectivity index (χ4n) is 2.03. The zero-order valence-corrected chi connectivity index (χ0v) is 9.57. The Morgan fingerprint density at radius 3 is 1.94 bits per heavy atom. The molecule has 3 rings (SSSR count). The molecule has 0 aliphatic heterocycles. The first-order valence-corrected chi connectivity index (χ1v) is 5.57. The highest BCUT2D eigenvalue weighted by Crippen LogP contribution is 2.35. The van der Waals surface area contributed by atoms with Crippen molar-refractivity contribution in [1.82, 2.24) is 0 Å². The Morgan fingerprint density at radius 2 is 1.29 bits per heavy atom. The van der Waals surface area contributed by atoms with Gasteiger partial charge in [0.1, 0.15) is 11.5 Å². The number of rotatable bonds is 0. The van der Waals surface area contributed by atoms with Crippen LogP contribution in [0.5, 0.6) is 11.5 Å². The predicted molar refractivity (Wildman–Crippen MR) is 69.8 cm³/mol. The molecule has 3 aromatic rings. The summed E-state index contributed by atoms with van der Waals surface area (Å²) in [7, 11) is 0. The lowest BCUT2D eigenvalue weighted by atomic mass is 10.0. The van der Waals surface area contributed by atoms with Crippen LogP contribution >= 0.6 is 11.6 Å². The third kappa shape index (κ3) is 1.58. The molecule has 0 saturated heterocycles. The molecule has 0 heterocycles. The van der Waals surface area contributed by atoms with E-state index in [1.807, 2.05) is 24.3 Å². The van der Waals surface area contributed by atoms with Gasteiger partial charge in [0, 0.05) is 15.8 Å². The SMILES string of the molecule is Oc1ccc(O)c2cc3cc(Cl)ccc3cc12. The lowest BCUT2D eigenvalue weighted by Gasteiger charge is -2.06. The molecule has 0 spiro atoms. The number of phenolic OH excluding ortho intramolecular Hbond substituents is 2. The van der Waals surface area contributed by atoms with Crippen LogP contribution in [-0.4, -0.2) is 10.2 Å². The second-order valence-electron chi connectivity index (χ2n) is 3.99. The lowest BCUT2D eigenvalue weighted by molar-refractivity contribution is 0.469. The van der Waals surface area contributed by atoms with E-state index in [2.05, 4.69) is 0 Å². The van der Waals surface area contributed by atoms with Gasteiger partial charge in [-0.15, -0.1) is 0 Å². The van der Waals surface area contributed by atoms with Gasteiger partial charge in [0.2, 0.25) is 0 Å². The fourth-order valence-corrected chi connectivity index (χ4v) is 2.21. The quantitative estimate of drug-likeness (QED) is 0.463. The molecule has 0 aliphatic rings. The highest BCUT2D eigenvalue weighted by atomic mass is 35.5. The first-order chi connectivity index (χ1) is 8.15. The average Bonchev–Trinajstić information content (AvgIpc) is 2.32. The maximum atomic E-state index is 9.78. The van der Waals surface area contributed by atoms with Crippen LogP contribution in [0.25, 0.3) is 21.5 Å². The summed E-state index contributed by atoms with van der Waals surface area (Å²) in [5, 5.41) is 23.4. The highest BCUT2D eigenvalue weighted by Gasteiger charge is 2.06. The van der Waals surface area contributed by atoms with Crippen molar-refractivity contribution in [3.05, 3.63) is 47.5 Å². The summed E-state index contributed by atoms with van der Waals surface area (Å²) in [5.74, 6) is 0.314. The number of hydrogen-bond donors (Lipinski definition) is 2. The number of benzene rings is 3. The molecular formula is C14H9ClO2. The smallest absolute Gasteiger partial charge is 0.123 e. The molecule has 84 valence electrons. The summed E-state index contributed by atoms with van der Waals surface area (Å²) in [5.41, 5.74) is 0. The van der Waals surface area contributed by atoms with Gasteiger partial charge in [0.05, 0.1) is 0 Å². The van der Waals surface area contributed by atoms with E-state index < -0.39 is 0 Å². The molecule has 2 nitrogen and oxygen atoms in total. The van der Waals surface area contributed by atoms with E-state index in [0.717, 1.165) is 10.8 Å². The third-order valence-corrected chi connectivity index (χ3v) is 3.12. The number of phenols is 2. The van der Waals surface area contributed by atoms with Gasteiger partial charge < -0.3 is 10.2 Å². The molecule has 0 fully saturated rings. The van der Waals surface area contributed by atoms with Crippen molar-refractivity contribution in [3.63, 3.8) is 0 Å². The molecule has 0 aromatic heterocycles. The first-order valence-electron chi connectivity index (χ1n) is 5.19. The Hall–Kier alpha value is -1.93. The Bertz CT molecular complexity index is 735. The molecule has 3 heteroatoms. The molecule has 17 heavy (non-hydrogen) atoms.